The molecule has 180 valence electrons. The first kappa shape index (κ1) is 23.3. The quantitative estimate of drug-likeness (QED) is 0.296. The maximum absolute atomic E-state index is 12.0. The lowest BCUT2D eigenvalue weighted by molar-refractivity contribution is -0.143. The van der Waals surface area contributed by atoms with E-state index in [2.05, 4.69) is 39.5 Å². The normalized spacial score (nSPS) is 11.1. The van der Waals surface area contributed by atoms with E-state index in [4.69, 9.17) is 20.0 Å². The molecule has 7 heteroatoms. The van der Waals surface area contributed by atoms with E-state index >= 15 is 0 Å². The molecule has 0 aliphatic carbocycles. The third kappa shape index (κ3) is 4.71. The summed E-state index contributed by atoms with van der Waals surface area (Å²) in [6.45, 7) is 2.83. The summed E-state index contributed by atoms with van der Waals surface area (Å²) in [5, 5.41) is 9.03. The molecule has 0 aliphatic heterocycles. The average Bonchev–Trinajstić information content (AvgIpc) is 3.40. The van der Waals surface area contributed by atoms with Crippen molar-refractivity contribution in [2.24, 2.45) is 7.05 Å². The van der Waals surface area contributed by atoms with Crippen LogP contribution < -0.4 is 0 Å². The van der Waals surface area contributed by atoms with Gasteiger partial charge in [0.15, 0.2) is 0 Å². The van der Waals surface area contributed by atoms with Crippen molar-refractivity contribution in [3.8, 4) is 6.07 Å². The van der Waals surface area contributed by atoms with Gasteiger partial charge in [0.25, 0.3) is 0 Å². The molecule has 5 rings (SSSR count). The van der Waals surface area contributed by atoms with Crippen LogP contribution in [0, 0.1) is 11.3 Å². The Morgan fingerprint density at radius 2 is 1.69 bits per heavy atom. The summed E-state index contributed by atoms with van der Waals surface area (Å²) in [5.41, 5.74) is 6.85. The van der Waals surface area contributed by atoms with E-state index in [0.717, 1.165) is 44.8 Å². The van der Waals surface area contributed by atoms with Crippen LogP contribution in [0.4, 0.5) is 0 Å². The number of fused-ring (bicyclic) bond motifs is 2. The number of carbonyl (C=O) groups excluding carboxylic acids is 1. The minimum atomic E-state index is -0.208. The molecule has 0 N–H and O–H groups in total. The number of imidazole rings is 2. The Morgan fingerprint density at radius 3 is 2.47 bits per heavy atom. The Balaban J connectivity index is 1.43. The molecule has 0 fully saturated rings. The van der Waals surface area contributed by atoms with Gasteiger partial charge in [-0.25, -0.2) is 9.97 Å². The second kappa shape index (κ2) is 10.0. The minimum absolute atomic E-state index is 0.208. The maximum atomic E-state index is 12.0. The van der Waals surface area contributed by atoms with E-state index in [1.165, 1.54) is 0 Å². The van der Waals surface area contributed by atoms with Gasteiger partial charge < -0.3 is 13.9 Å². The second-order valence-electron chi connectivity index (χ2n) is 8.80. The topological polar surface area (TPSA) is 85.7 Å². The first-order valence-electron chi connectivity index (χ1n) is 12.1. The summed E-state index contributed by atoms with van der Waals surface area (Å²) in [5.74, 6) is 1.63. The van der Waals surface area contributed by atoms with Crippen LogP contribution in [0.15, 0.2) is 66.7 Å². The first-order valence-corrected chi connectivity index (χ1v) is 12.1. The molecule has 0 atom stereocenters. The summed E-state index contributed by atoms with van der Waals surface area (Å²) in [7, 11) is 2.03. The summed E-state index contributed by atoms with van der Waals surface area (Å²) < 4.78 is 9.41. The van der Waals surface area contributed by atoms with Crippen molar-refractivity contribution in [2.45, 2.75) is 32.7 Å². The van der Waals surface area contributed by atoms with Crippen LogP contribution >= 0.6 is 0 Å². The molecule has 7 nitrogen and oxygen atoms in total. The fourth-order valence-corrected chi connectivity index (χ4v) is 4.55. The molecule has 36 heavy (non-hydrogen) atoms. The van der Waals surface area contributed by atoms with Crippen molar-refractivity contribution in [1.29, 1.82) is 5.26 Å². The molecule has 5 aromatic rings. The Labute approximate surface area is 209 Å². The van der Waals surface area contributed by atoms with Crippen molar-refractivity contribution >= 4 is 28.0 Å². The standard InChI is InChI=1S/C29H27N5O2/c1-3-36-29(35)15-14-27-31-23-6-4-5-7-26(23)34(27)19-22-12-13-25-24(16-22)32-28(33(25)2)17-20-8-10-21(18-30)11-9-20/h4-13,16H,3,14-15,17,19H2,1-2H3. The zero-order chi connectivity index (χ0) is 25.1. The number of hydrogen-bond donors (Lipinski definition) is 0. The number of aryl methyl sites for hydroxylation is 2. The highest BCUT2D eigenvalue weighted by molar-refractivity contribution is 5.78. The lowest BCUT2D eigenvalue weighted by atomic mass is 10.1. The minimum Gasteiger partial charge on any atom is -0.466 e. The Bertz CT molecular complexity index is 1590. The Hall–Kier alpha value is -4.44. The van der Waals surface area contributed by atoms with Crippen LogP contribution in [-0.2, 0) is 36.0 Å². The van der Waals surface area contributed by atoms with E-state index < -0.39 is 0 Å². The van der Waals surface area contributed by atoms with Gasteiger partial charge in [0.1, 0.15) is 11.6 Å². The molecule has 0 bridgehead atoms. The summed E-state index contributed by atoms with van der Waals surface area (Å²) in [6, 6.07) is 24.2. The van der Waals surface area contributed by atoms with Gasteiger partial charge in [0.2, 0.25) is 0 Å². The summed E-state index contributed by atoms with van der Waals surface area (Å²) in [4.78, 5) is 21.7. The second-order valence-corrected chi connectivity index (χ2v) is 8.80. The summed E-state index contributed by atoms with van der Waals surface area (Å²) in [6.07, 6.45) is 1.51. The highest BCUT2D eigenvalue weighted by atomic mass is 16.5. The predicted molar refractivity (Wildman–Crippen MR) is 138 cm³/mol. The predicted octanol–water partition coefficient (Wildman–Crippen LogP) is 4.93. The number of ether oxygens (including phenoxy) is 1. The Kier molecular flexibility index (Phi) is 6.50. The van der Waals surface area contributed by atoms with Gasteiger partial charge in [0, 0.05) is 26.4 Å². The molecule has 2 heterocycles. The van der Waals surface area contributed by atoms with E-state index in [1.807, 2.05) is 56.4 Å². The molecule has 0 amide bonds. The van der Waals surface area contributed by atoms with Crippen LogP contribution in [0.2, 0.25) is 0 Å². The van der Waals surface area contributed by atoms with Crippen molar-refractivity contribution in [3.05, 3.63) is 95.1 Å². The first-order chi connectivity index (χ1) is 17.6. The number of hydrogen-bond acceptors (Lipinski definition) is 5. The van der Waals surface area contributed by atoms with Crippen LogP contribution in [0.1, 0.15) is 41.7 Å². The smallest absolute Gasteiger partial charge is 0.306 e. The highest BCUT2D eigenvalue weighted by Crippen LogP contribution is 2.23. The van der Waals surface area contributed by atoms with E-state index in [9.17, 15) is 4.79 Å². The number of nitrogens with zero attached hydrogens (tertiary/aromatic N) is 5. The van der Waals surface area contributed by atoms with Gasteiger partial charge in [0.05, 0.1) is 46.7 Å². The number of rotatable bonds is 8. The van der Waals surface area contributed by atoms with Crippen LogP contribution in [-0.4, -0.2) is 31.7 Å². The van der Waals surface area contributed by atoms with Gasteiger partial charge >= 0.3 is 5.97 Å². The third-order valence-electron chi connectivity index (χ3n) is 6.42. The number of esters is 1. The van der Waals surface area contributed by atoms with E-state index in [-0.39, 0.29) is 5.97 Å². The summed E-state index contributed by atoms with van der Waals surface area (Å²) >= 11 is 0. The van der Waals surface area contributed by atoms with E-state index in [1.54, 1.807) is 0 Å². The molecule has 2 aromatic heterocycles. The van der Waals surface area contributed by atoms with Crippen LogP contribution in [0.3, 0.4) is 0 Å². The molecule has 0 aliphatic rings. The molecule has 0 radical (unpaired) electrons. The third-order valence-corrected chi connectivity index (χ3v) is 6.42. The zero-order valence-electron chi connectivity index (χ0n) is 20.4. The largest absolute Gasteiger partial charge is 0.466 e. The van der Waals surface area contributed by atoms with Crippen molar-refractivity contribution in [3.63, 3.8) is 0 Å². The molecular weight excluding hydrogens is 450 g/mol. The van der Waals surface area contributed by atoms with Gasteiger partial charge in [-0.05, 0) is 54.4 Å². The lowest BCUT2D eigenvalue weighted by Crippen LogP contribution is -2.10. The maximum Gasteiger partial charge on any atom is 0.306 e. The monoisotopic (exact) mass is 477 g/mol. The molecular formula is C29H27N5O2. The van der Waals surface area contributed by atoms with Crippen molar-refractivity contribution in [2.75, 3.05) is 6.61 Å². The molecule has 3 aromatic carbocycles. The zero-order valence-corrected chi connectivity index (χ0v) is 20.4. The van der Waals surface area contributed by atoms with E-state index in [0.29, 0.717) is 38.0 Å². The van der Waals surface area contributed by atoms with Gasteiger partial charge in [-0.3, -0.25) is 4.79 Å². The molecule has 0 spiro atoms. The Morgan fingerprint density at radius 1 is 0.944 bits per heavy atom. The number of nitriles is 1. The van der Waals surface area contributed by atoms with Gasteiger partial charge in [-0.2, -0.15) is 5.26 Å². The molecule has 0 saturated heterocycles. The lowest BCUT2D eigenvalue weighted by Gasteiger charge is -2.10. The van der Waals surface area contributed by atoms with Gasteiger partial charge in [-0.1, -0.05) is 30.3 Å². The van der Waals surface area contributed by atoms with Crippen LogP contribution in [0.25, 0.3) is 22.1 Å². The fraction of sp³-hybridized carbons (Fsp3) is 0.241. The van der Waals surface area contributed by atoms with Crippen LogP contribution in [0.5, 0.6) is 0 Å². The van der Waals surface area contributed by atoms with Gasteiger partial charge in [-0.15, -0.1) is 0 Å². The number of para-hydroxylation sites is 2. The number of benzene rings is 3. The molecule has 0 saturated carbocycles. The number of carbonyl (C=O) groups is 1. The number of aromatic nitrogens is 4. The fourth-order valence-electron chi connectivity index (χ4n) is 4.55. The molecule has 0 unspecified atom stereocenters. The SMILES string of the molecule is CCOC(=O)CCc1nc2ccccc2n1Cc1ccc2c(c1)nc(Cc1ccc(C#N)cc1)n2C. The van der Waals surface area contributed by atoms with Crippen molar-refractivity contribution in [1.82, 2.24) is 19.1 Å². The van der Waals surface area contributed by atoms with Crippen molar-refractivity contribution < 1.29 is 9.53 Å². The highest BCUT2D eigenvalue weighted by Gasteiger charge is 2.15. The average molecular weight is 478 g/mol.